The molecule has 0 bridgehead atoms. The Morgan fingerprint density at radius 2 is 1.89 bits per heavy atom. The number of anilines is 1. The minimum absolute atomic E-state index is 0.0573. The summed E-state index contributed by atoms with van der Waals surface area (Å²) in [6.07, 6.45) is 12.7. The molecule has 37 heavy (non-hydrogen) atoms. The van der Waals surface area contributed by atoms with Crippen molar-refractivity contribution < 1.29 is 18.0 Å². The molecule has 198 valence electrons. The van der Waals surface area contributed by atoms with Crippen molar-refractivity contribution in [2.45, 2.75) is 83.6 Å². The summed E-state index contributed by atoms with van der Waals surface area (Å²) >= 11 is 0. The largest absolute Gasteiger partial charge is 0.444 e. The molecule has 7 nitrogen and oxygen atoms in total. The minimum Gasteiger partial charge on any atom is -0.444 e. The van der Waals surface area contributed by atoms with Crippen LogP contribution in [0.2, 0.25) is 0 Å². The molecule has 2 fully saturated rings. The van der Waals surface area contributed by atoms with Crippen LogP contribution in [-0.2, 0) is 6.42 Å². The van der Waals surface area contributed by atoms with Crippen molar-refractivity contribution >= 4 is 11.6 Å². The maximum atomic E-state index is 13.9. The first-order valence-electron chi connectivity index (χ1n) is 13.5. The number of pyridine rings is 1. The number of hydrogen-bond acceptors (Lipinski definition) is 5. The highest BCUT2D eigenvalue weighted by molar-refractivity contribution is 6.04. The fraction of sp³-hybridized carbons (Fsp3) is 0.571. The van der Waals surface area contributed by atoms with Crippen LogP contribution in [0.25, 0.3) is 11.5 Å². The average molecular weight is 512 g/mol. The summed E-state index contributed by atoms with van der Waals surface area (Å²) in [6.45, 7) is 2.19. The van der Waals surface area contributed by atoms with Gasteiger partial charge in [0.2, 0.25) is 5.89 Å². The molecule has 0 N–H and O–H groups in total. The van der Waals surface area contributed by atoms with Gasteiger partial charge in [-0.05, 0) is 62.5 Å². The molecule has 1 amide bonds. The first kappa shape index (κ1) is 25.5. The lowest BCUT2D eigenvalue weighted by Crippen LogP contribution is -2.27. The number of rotatable bonds is 10. The smallest absolute Gasteiger partial charge is 0.284 e. The number of amides is 1. The van der Waals surface area contributed by atoms with Gasteiger partial charge in [-0.1, -0.05) is 32.6 Å². The topological polar surface area (TPSA) is 77.0 Å². The average Bonchev–Trinajstić information content (AvgIpc) is 3.41. The Morgan fingerprint density at radius 3 is 2.59 bits per heavy atom. The Bertz CT molecular complexity index is 1210. The maximum absolute atomic E-state index is 13.9. The highest BCUT2D eigenvalue weighted by atomic mass is 19.3. The van der Waals surface area contributed by atoms with E-state index in [2.05, 4.69) is 22.0 Å². The highest BCUT2D eigenvalue weighted by Crippen LogP contribution is 2.37. The van der Waals surface area contributed by atoms with E-state index in [0.717, 1.165) is 62.1 Å². The third kappa shape index (κ3) is 5.91. The summed E-state index contributed by atoms with van der Waals surface area (Å²) in [5.41, 5.74) is 1.48. The first-order chi connectivity index (χ1) is 17.9. The van der Waals surface area contributed by atoms with E-state index in [9.17, 15) is 13.6 Å². The molecule has 2 aliphatic carbocycles. The molecule has 3 aromatic rings. The number of hydrogen-bond donors (Lipinski definition) is 0. The molecule has 0 aromatic carbocycles. The van der Waals surface area contributed by atoms with Gasteiger partial charge >= 0.3 is 0 Å². The van der Waals surface area contributed by atoms with E-state index in [1.807, 2.05) is 6.07 Å². The zero-order valence-electron chi connectivity index (χ0n) is 21.6. The van der Waals surface area contributed by atoms with Gasteiger partial charge in [-0.15, -0.1) is 0 Å². The van der Waals surface area contributed by atoms with Crippen LogP contribution in [-0.4, -0.2) is 32.7 Å². The quantitative estimate of drug-likeness (QED) is 0.292. The van der Waals surface area contributed by atoms with Crippen molar-refractivity contribution in [2.24, 2.45) is 11.8 Å². The number of oxazole rings is 1. The zero-order chi connectivity index (χ0) is 25.9. The van der Waals surface area contributed by atoms with Crippen LogP contribution >= 0.6 is 0 Å². The van der Waals surface area contributed by atoms with Crippen LogP contribution in [0.5, 0.6) is 0 Å². The molecule has 2 saturated carbocycles. The van der Waals surface area contributed by atoms with Crippen LogP contribution < -0.4 is 4.90 Å². The third-order valence-corrected chi connectivity index (χ3v) is 7.79. The van der Waals surface area contributed by atoms with Crippen LogP contribution in [0.1, 0.15) is 99.1 Å². The van der Waals surface area contributed by atoms with E-state index in [1.165, 1.54) is 37.5 Å². The molecule has 0 saturated heterocycles. The van der Waals surface area contributed by atoms with Gasteiger partial charge in [-0.3, -0.25) is 14.5 Å². The molecule has 0 unspecified atom stereocenters. The van der Waals surface area contributed by atoms with Gasteiger partial charge in [0, 0.05) is 30.7 Å². The van der Waals surface area contributed by atoms with Crippen molar-refractivity contribution in [1.82, 2.24) is 19.7 Å². The Labute approximate surface area is 216 Å². The Hall–Kier alpha value is -3.10. The normalized spacial score (nSPS) is 19.9. The SMILES string of the molecule is CCCC1CCC(n2cc(N(C)C(=O)c3coc(-c4ccnc(CCC5CC5)c4)n3)c(C(F)F)n2)CC1. The molecule has 3 aromatic heterocycles. The van der Waals surface area contributed by atoms with Crippen LogP contribution in [0.4, 0.5) is 14.5 Å². The van der Waals surface area contributed by atoms with E-state index >= 15 is 0 Å². The summed E-state index contributed by atoms with van der Waals surface area (Å²) in [5.74, 6) is 1.29. The molecule has 9 heteroatoms. The van der Waals surface area contributed by atoms with Crippen molar-refractivity contribution in [1.29, 1.82) is 0 Å². The molecule has 5 rings (SSSR count). The lowest BCUT2D eigenvalue weighted by Gasteiger charge is -2.28. The van der Waals surface area contributed by atoms with Crippen LogP contribution in [0, 0.1) is 11.8 Å². The maximum Gasteiger partial charge on any atom is 0.284 e. The second kappa shape index (κ2) is 11.1. The van der Waals surface area contributed by atoms with Gasteiger partial charge in [0.1, 0.15) is 6.26 Å². The number of alkyl halides is 2. The summed E-state index contributed by atoms with van der Waals surface area (Å²) in [6, 6.07) is 3.79. The molecular formula is C28H35F2N5O2. The minimum atomic E-state index is -2.79. The van der Waals surface area contributed by atoms with Gasteiger partial charge in [0.05, 0.1) is 11.7 Å². The van der Waals surface area contributed by atoms with Crippen molar-refractivity contribution in [3.05, 3.63) is 47.9 Å². The molecule has 2 aliphatic rings. The summed E-state index contributed by atoms with van der Waals surface area (Å²) in [7, 11) is 1.48. The van der Waals surface area contributed by atoms with Crippen molar-refractivity contribution in [3.8, 4) is 11.5 Å². The molecular weight excluding hydrogens is 476 g/mol. The van der Waals surface area contributed by atoms with E-state index in [-0.39, 0.29) is 23.1 Å². The number of halogens is 2. The Kier molecular flexibility index (Phi) is 7.67. The van der Waals surface area contributed by atoms with Gasteiger partial charge in [-0.25, -0.2) is 13.8 Å². The zero-order valence-corrected chi connectivity index (χ0v) is 21.6. The number of aryl methyl sites for hydroxylation is 1. The molecule has 0 spiro atoms. The van der Waals surface area contributed by atoms with E-state index in [1.54, 1.807) is 23.1 Å². The molecule has 3 heterocycles. The molecule has 0 atom stereocenters. The fourth-order valence-corrected chi connectivity index (χ4v) is 5.40. The first-order valence-corrected chi connectivity index (χ1v) is 13.5. The molecule has 0 aliphatic heterocycles. The lowest BCUT2D eigenvalue weighted by molar-refractivity contribution is 0.0986. The van der Waals surface area contributed by atoms with E-state index < -0.39 is 12.3 Å². The van der Waals surface area contributed by atoms with Crippen LogP contribution in [0.3, 0.4) is 0 Å². The lowest BCUT2D eigenvalue weighted by atomic mass is 9.83. The van der Waals surface area contributed by atoms with E-state index in [0.29, 0.717) is 11.8 Å². The monoisotopic (exact) mass is 511 g/mol. The van der Waals surface area contributed by atoms with Crippen molar-refractivity contribution in [3.63, 3.8) is 0 Å². The predicted octanol–water partition coefficient (Wildman–Crippen LogP) is 7.02. The van der Waals surface area contributed by atoms with Crippen LogP contribution in [0.15, 0.2) is 35.2 Å². The number of aromatic nitrogens is 4. The fourth-order valence-electron chi connectivity index (χ4n) is 5.40. The third-order valence-electron chi connectivity index (χ3n) is 7.79. The summed E-state index contributed by atoms with van der Waals surface area (Å²) in [4.78, 5) is 23.2. The second-order valence-electron chi connectivity index (χ2n) is 10.6. The van der Waals surface area contributed by atoms with Crippen molar-refractivity contribution in [2.75, 3.05) is 11.9 Å². The number of carbonyl (C=O) groups is 1. The standard InChI is InChI=1S/C28H35F2N5O2/c1-3-4-18-8-11-22(12-9-18)35-16-24(25(33-35)26(29)30)34(2)28(36)23-17-37-27(32-23)20-13-14-31-21(15-20)10-7-19-5-6-19/h13-19,22,26H,3-12H2,1-2H3. The van der Waals surface area contributed by atoms with Gasteiger partial charge in [0.15, 0.2) is 11.4 Å². The number of carbonyl (C=O) groups excluding carboxylic acids is 1. The predicted molar refractivity (Wildman–Crippen MR) is 137 cm³/mol. The van der Waals surface area contributed by atoms with Gasteiger partial charge < -0.3 is 9.32 Å². The summed E-state index contributed by atoms with van der Waals surface area (Å²) < 4.78 is 35.1. The second-order valence-corrected chi connectivity index (χ2v) is 10.6. The molecule has 0 radical (unpaired) electrons. The van der Waals surface area contributed by atoms with E-state index in [4.69, 9.17) is 4.42 Å². The van der Waals surface area contributed by atoms with Gasteiger partial charge in [-0.2, -0.15) is 5.10 Å². The Morgan fingerprint density at radius 1 is 1.16 bits per heavy atom. The van der Waals surface area contributed by atoms with Gasteiger partial charge in [0.25, 0.3) is 12.3 Å². The Balaban J connectivity index is 1.30. The number of nitrogens with zero attached hydrogens (tertiary/aromatic N) is 5. The highest BCUT2D eigenvalue weighted by Gasteiger charge is 2.30. The summed E-state index contributed by atoms with van der Waals surface area (Å²) in [5, 5.41) is 4.22.